The molecule has 5 heteroatoms. The molecule has 2 N–H and O–H groups in total. The summed E-state index contributed by atoms with van der Waals surface area (Å²) in [5.41, 5.74) is -0.447. The molecule has 4 aliphatic carbocycles. The van der Waals surface area contributed by atoms with E-state index in [0.717, 1.165) is 56.9 Å². The fraction of sp³-hybridized carbons (Fsp3) is 0.871. The summed E-state index contributed by atoms with van der Waals surface area (Å²) in [6.07, 6.45) is 8.50. The van der Waals surface area contributed by atoms with Crippen molar-refractivity contribution < 1.29 is 24.5 Å². The van der Waals surface area contributed by atoms with E-state index in [4.69, 9.17) is 4.74 Å². The smallest absolute Gasteiger partial charge is 0.309 e. The zero-order valence-electron chi connectivity index (χ0n) is 23.8. The number of ether oxygens (including phenoxy) is 1. The fourth-order valence-electron chi connectivity index (χ4n) is 10.9. The molecule has 0 amide bonds. The summed E-state index contributed by atoms with van der Waals surface area (Å²) >= 11 is 0. The van der Waals surface area contributed by atoms with Crippen molar-refractivity contribution in [1.82, 2.24) is 0 Å². The van der Waals surface area contributed by atoms with Gasteiger partial charge < -0.3 is 14.9 Å². The molecule has 0 aromatic heterocycles. The van der Waals surface area contributed by atoms with Crippen LogP contribution in [0.5, 0.6) is 0 Å². The third-order valence-corrected chi connectivity index (χ3v) is 12.7. The highest BCUT2D eigenvalue weighted by atomic mass is 16.5. The van der Waals surface area contributed by atoms with E-state index < -0.39 is 17.0 Å². The van der Waals surface area contributed by atoms with Crippen molar-refractivity contribution in [2.45, 2.75) is 111 Å². The van der Waals surface area contributed by atoms with E-state index in [1.54, 1.807) is 0 Å². The molecule has 0 bridgehead atoms. The number of carbonyl (C=O) groups excluding carboxylic acids is 1. The number of hydrogen-bond donors (Lipinski definition) is 2. The van der Waals surface area contributed by atoms with Gasteiger partial charge in [-0.3, -0.25) is 9.59 Å². The Morgan fingerprint density at radius 3 is 2.22 bits per heavy atom. The van der Waals surface area contributed by atoms with Crippen LogP contribution in [-0.4, -0.2) is 34.9 Å². The molecule has 36 heavy (non-hydrogen) atoms. The van der Waals surface area contributed by atoms with Crippen molar-refractivity contribution in [3.8, 4) is 0 Å². The van der Waals surface area contributed by atoms with Gasteiger partial charge in [-0.05, 0) is 124 Å². The Hall–Kier alpha value is -1.36. The van der Waals surface area contributed by atoms with Crippen molar-refractivity contribution in [2.24, 2.45) is 51.2 Å². The number of carbonyl (C=O) groups is 2. The first-order chi connectivity index (χ1) is 16.6. The van der Waals surface area contributed by atoms with Crippen LogP contribution in [0.15, 0.2) is 12.2 Å². The maximum Gasteiger partial charge on any atom is 0.309 e. The Morgan fingerprint density at radius 1 is 1.00 bits per heavy atom. The largest absolute Gasteiger partial charge is 0.481 e. The second-order valence-electron chi connectivity index (χ2n) is 14.4. The number of rotatable bonds is 6. The fourth-order valence-corrected chi connectivity index (χ4v) is 10.9. The van der Waals surface area contributed by atoms with Gasteiger partial charge in [-0.25, -0.2) is 0 Å². The van der Waals surface area contributed by atoms with E-state index in [-0.39, 0.29) is 40.0 Å². The van der Waals surface area contributed by atoms with Crippen LogP contribution in [0.2, 0.25) is 0 Å². The molecule has 4 fully saturated rings. The lowest BCUT2D eigenvalue weighted by Gasteiger charge is -2.71. The van der Waals surface area contributed by atoms with Crippen molar-refractivity contribution in [3.63, 3.8) is 0 Å². The van der Waals surface area contributed by atoms with Gasteiger partial charge in [0.05, 0.1) is 18.1 Å². The van der Waals surface area contributed by atoms with Crippen molar-refractivity contribution in [3.05, 3.63) is 12.2 Å². The van der Waals surface area contributed by atoms with Crippen LogP contribution in [0.1, 0.15) is 106 Å². The number of esters is 1. The number of aliphatic hydroxyl groups is 1. The van der Waals surface area contributed by atoms with Gasteiger partial charge in [0.15, 0.2) is 0 Å². The Bertz CT molecular complexity index is 918. The number of fused-ring (bicyclic) bond motifs is 5. The van der Waals surface area contributed by atoms with E-state index in [9.17, 15) is 19.8 Å². The Labute approximate surface area is 218 Å². The number of aliphatic carboxylic acids is 1. The zero-order valence-corrected chi connectivity index (χ0v) is 23.8. The average Bonchev–Trinajstić information content (AvgIpc) is 3.19. The molecule has 204 valence electrons. The molecule has 0 heterocycles. The molecule has 0 aromatic carbocycles. The first-order valence-corrected chi connectivity index (χ1v) is 14.3. The summed E-state index contributed by atoms with van der Waals surface area (Å²) in [5, 5.41) is 21.8. The maximum absolute atomic E-state index is 12.8. The molecule has 0 aliphatic heterocycles. The number of carboxylic acid groups (broad SMARTS) is 1. The molecule has 4 saturated carbocycles. The molecule has 0 saturated heterocycles. The van der Waals surface area contributed by atoms with Gasteiger partial charge in [-0.1, -0.05) is 32.9 Å². The summed E-state index contributed by atoms with van der Waals surface area (Å²) < 4.78 is 5.02. The summed E-state index contributed by atoms with van der Waals surface area (Å²) in [6.45, 7) is 17.5. The lowest BCUT2D eigenvalue weighted by Crippen LogP contribution is -2.66. The lowest BCUT2D eigenvalue weighted by molar-refractivity contribution is -0.237. The van der Waals surface area contributed by atoms with Gasteiger partial charge in [0.2, 0.25) is 0 Å². The van der Waals surface area contributed by atoms with Gasteiger partial charge in [-0.2, -0.15) is 0 Å². The van der Waals surface area contributed by atoms with Crippen molar-refractivity contribution >= 4 is 11.9 Å². The van der Waals surface area contributed by atoms with Gasteiger partial charge in [-0.15, -0.1) is 0 Å². The van der Waals surface area contributed by atoms with E-state index in [0.29, 0.717) is 24.7 Å². The maximum atomic E-state index is 12.8. The van der Waals surface area contributed by atoms with E-state index in [2.05, 4.69) is 34.3 Å². The van der Waals surface area contributed by atoms with Gasteiger partial charge in [0.25, 0.3) is 0 Å². The quantitative estimate of drug-likeness (QED) is 0.314. The standard InChI is InChI=1S/C31H50O5/c1-19(2)20-11-16-31(26(33)34)18-17-29(6)21(25(20)31)9-10-23-28(5,14-13-24(32)36-8)22(27(3,4)35)12-15-30(23,29)7/h20-23,25,35H,1,9-18H2,2-8H3,(H,33,34)/t20-,21+,22-,23+,25+,28-,29+,30+,31-/m0/s1. The molecular weight excluding hydrogens is 452 g/mol. The molecule has 0 spiro atoms. The third-order valence-electron chi connectivity index (χ3n) is 12.7. The van der Waals surface area contributed by atoms with Gasteiger partial charge >= 0.3 is 11.9 Å². The van der Waals surface area contributed by atoms with E-state index in [1.807, 2.05) is 13.8 Å². The monoisotopic (exact) mass is 502 g/mol. The van der Waals surface area contributed by atoms with Crippen molar-refractivity contribution in [2.75, 3.05) is 7.11 Å². The Kier molecular flexibility index (Phi) is 6.80. The number of carboxylic acids is 1. The second-order valence-corrected chi connectivity index (χ2v) is 14.4. The van der Waals surface area contributed by atoms with Crippen LogP contribution >= 0.6 is 0 Å². The predicted molar refractivity (Wildman–Crippen MR) is 141 cm³/mol. The molecule has 4 rings (SSSR count). The zero-order chi connectivity index (χ0) is 26.9. The molecule has 0 aromatic rings. The summed E-state index contributed by atoms with van der Waals surface area (Å²) in [5.74, 6) is 0.474. The van der Waals surface area contributed by atoms with Crippen LogP contribution < -0.4 is 0 Å². The van der Waals surface area contributed by atoms with Crippen LogP contribution in [0.4, 0.5) is 0 Å². The van der Waals surface area contributed by atoms with Gasteiger partial charge in [0, 0.05) is 6.42 Å². The van der Waals surface area contributed by atoms with Crippen LogP contribution in [-0.2, 0) is 14.3 Å². The average molecular weight is 503 g/mol. The molecule has 5 nitrogen and oxygen atoms in total. The molecule has 9 atom stereocenters. The van der Waals surface area contributed by atoms with Gasteiger partial charge in [0.1, 0.15) is 0 Å². The minimum absolute atomic E-state index is 0.0225. The molecule has 4 aliphatic rings. The number of methoxy groups -OCH3 is 1. The summed E-state index contributed by atoms with van der Waals surface area (Å²) in [7, 11) is 1.45. The number of hydrogen-bond acceptors (Lipinski definition) is 4. The minimum Gasteiger partial charge on any atom is -0.481 e. The predicted octanol–water partition coefficient (Wildman–Crippen LogP) is 6.63. The molecular formula is C31H50O5. The second kappa shape index (κ2) is 8.85. The van der Waals surface area contributed by atoms with Crippen LogP contribution in [0.25, 0.3) is 0 Å². The third kappa shape index (κ3) is 3.73. The minimum atomic E-state index is -0.828. The molecule has 0 unspecified atom stereocenters. The SMILES string of the molecule is C=C(C)[C@@H]1CC[C@]2(C(=O)O)CC[C@]3(C)[C@H](CC[C@@H]4[C@@](C)(CCC(=O)OC)[C@H](C(C)(C)O)CC[C@]43C)[C@@H]12. The van der Waals surface area contributed by atoms with E-state index in [1.165, 1.54) is 7.11 Å². The Balaban J connectivity index is 1.77. The Morgan fingerprint density at radius 2 is 1.67 bits per heavy atom. The number of allylic oxidation sites excluding steroid dienone is 1. The highest BCUT2D eigenvalue weighted by Crippen LogP contribution is 2.76. The first-order valence-electron chi connectivity index (χ1n) is 14.3. The topological polar surface area (TPSA) is 83.8 Å². The normalized spacial score (nSPS) is 46.3. The lowest BCUT2D eigenvalue weighted by atomic mass is 9.33. The first kappa shape index (κ1) is 27.7. The van der Waals surface area contributed by atoms with Crippen LogP contribution in [0, 0.1) is 51.2 Å². The summed E-state index contributed by atoms with van der Waals surface area (Å²) in [4.78, 5) is 25.1. The van der Waals surface area contributed by atoms with E-state index >= 15 is 0 Å². The highest BCUT2D eigenvalue weighted by molar-refractivity contribution is 5.76. The summed E-state index contributed by atoms with van der Waals surface area (Å²) in [6, 6.07) is 0. The molecule has 0 radical (unpaired) electrons. The van der Waals surface area contributed by atoms with Crippen molar-refractivity contribution in [1.29, 1.82) is 0 Å². The highest BCUT2D eigenvalue weighted by Gasteiger charge is 2.71. The van der Waals surface area contributed by atoms with Crippen LogP contribution in [0.3, 0.4) is 0 Å².